The summed E-state index contributed by atoms with van der Waals surface area (Å²) in [6.45, 7) is 2.05. The van der Waals surface area contributed by atoms with Crippen molar-refractivity contribution in [2.45, 2.75) is 39.0 Å². The number of hydrogen-bond donors (Lipinski definition) is 1. The van der Waals surface area contributed by atoms with Crippen LogP contribution in [0.2, 0.25) is 0 Å². The smallest absolute Gasteiger partial charge is 0.224 e. The number of carbonyl (C=O) groups is 1. The summed E-state index contributed by atoms with van der Waals surface area (Å²) >= 11 is 3.51. The molecule has 3 atom stereocenters. The second-order valence-electron chi connectivity index (χ2n) is 6.17. The maximum absolute atomic E-state index is 12.1. The Balaban J connectivity index is 1.59. The van der Waals surface area contributed by atoms with Crippen molar-refractivity contribution in [2.75, 3.05) is 5.32 Å². The van der Waals surface area contributed by atoms with E-state index in [2.05, 4.69) is 21.2 Å². The van der Waals surface area contributed by atoms with Crippen LogP contribution in [0.4, 0.5) is 5.69 Å². The molecule has 102 valence electrons. The number of anilines is 1. The van der Waals surface area contributed by atoms with Crippen LogP contribution in [0.5, 0.6) is 0 Å². The number of benzene rings is 1. The third-order valence-electron chi connectivity index (χ3n) is 4.73. The lowest BCUT2D eigenvalue weighted by atomic mass is 9.86. The topological polar surface area (TPSA) is 29.1 Å². The molecule has 1 aromatic carbocycles. The summed E-state index contributed by atoms with van der Waals surface area (Å²) in [6, 6.07) is 6.03. The van der Waals surface area contributed by atoms with E-state index in [1.54, 1.807) is 0 Å². The summed E-state index contributed by atoms with van der Waals surface area (Å²) in [5.41, 5.74) is 2.08. The Hall–Kier alpha value is -0.830. The van der Waals surface area contributed by atoms with Gasteiger partial charge in [0.1, 0.15) is 0 Å². The fraction of sp³-hybridized carbons (Fsp3) is 0.562. The summed E-state index contributed by atoms with van der Waals surface area (Å²) in [6.07, 6.45) is 6.07. The normalized spacial score (nSPS) is 28.6. The van der Waals surface area contributed by atoms with Crippen molar-refractivity contribution >= 4 is 27.5 Å². The Labute approximate surface area is 123 Å². The van der Waals surface area contributed by atoms with Gasteiger partial charge in [-0.15, -0.1) is 0 Å². The van der Waals surface area contributed by atoms with E-state index in [1.165, 1.54) is 31.2 Å². The highest BCUT2D eigenvalue weighted by Crippen LogP contribution is 2.49. The van der Waals surface area contributed by atoms with Gasteiger partial charge in [0.15, 0.2) is 0 Å². The van der Waals surface area contributed by atoms with Crippen LogP contribution in [-0.4, -0.2) is 5.91 Å². The molecular formula is C16H20BrNO. The zero-order valence-corrected chi connectivity index (χ0v) is 12.9. The standard InChI is InChI=1S/C16H20BrNO/c1-10-2-5-15(14(17)6-10)18-16(19)9-13-8-11-3-4-12(13)7-11/h2,5-6,11-13H,3-4,7-9H2,1H3,(H,18,19)/t11-,12-,13+/m0/s1. The first-order valence-corrected chi connectivity index (χ1v) is 7.97. The molecule has 2 nitrogen and oxygen atoms in total. The summed E-state index contributed by atoms with van der Waals surface area (Å²) in [5, 5.41) is 3.04. The van der Waals surface area contributed by atoms with E-state index in [0.29, 0.717) is 12.3 Å². The van der Waals surface area contributed by atoms with Gasteiger partial charge >= 0.3 is 0 Å². The second kappa shape index (κ2) is 5.28. The molecule has 2 aliphatic carbocycles. The van der Waals surface area contributed by atoms with Crippen molar-refractivity contribution in [2.24, 2.45) is 17.8 Å². The van der Waals surface area contributed by atoms with Gasteiger partial charge in [-0.25, -0.2) is 0 Å². The minimum absolute atomic E-state index is 0.169. The lowest BCUT2D eigenvalue weighted by molar-refractivity contribution is -0.117. The number of carbonyl (C=O) groups excluding carboxylic acids is 1. The van der Waals surface area contributed by atoms with Gasteiger partial charge in [0.25, 0.3) is 0 Å². The Morgan fingerprint density at radius 2 is 2.21 bits per heavy atom. The van der Waals surface area contributed by atoms with Gasteiger partial charge in [-0.2, -0.15) is 0 Å². The van der Waals surface area contributed by atoms with E-state index in [4.69, 9.17) is 0 Å². The first kappa shape index (κ1) is 13.2. The SMILES string of the molecule is Cc1ccc(NC(=O)C[C@H]2C[C@H]3CC[C@H]2C3)c(Br)c1. The minimum atomic E-state index is 0.169. The predicted molar refractivity (Wildman–Crippen MR) is 81.1 cm³/mol. The lowest BCUT2D eigenvalue weighted by Gasteiger charge is -2.21. The summed E-state index contributed by atoms with van der Waals surface area (Å²) < 4.78 is 0.966. The zero-order chi connectivity index (χ0) is 13.4. The fourth-order valence-electron chi connectivity index (χ4n) is 3.79. The van der Waals surface area contributed by atoms with Crippen LogP contribution < -0.4 is 5.32 Å². The minimum Gasteiger partial charge on any atom is -0.325 e. The van der Waals surface area contributed by atoms with Crippen molar-refractivity contribution in [3.05, 3.63) is 28.2 Å². The van der Waals surface area contributed by atoms with Crippen LogP contribution in [0.3, 0.4) is 0 Å². The van der Waals surface area contributed by atoms with Crippen LogP contribution >= 0.6 is 15.9 Å². The monoisotopic (exact) mass is 321 g/mol. The molecule has 1 aromatic rings. The second-order valence-corrected chi connectivity index (χ2v) is 7.02. The van der Waals surface area contributed by atoms with Crippen LogP contribution in [0.1, 0.15) is 37.7 Å². The number of hydrogen-bond acceptors (Lipinski definition) is 1. The van der Waals surface area contributed by atoms with Crippen molar-refractivity contribution in [1.82, 2.24) is 0 Å². The molecule has 0 saturated heterocycles. The molecule has 19 heavy (non-hydrogen) atoms. The number of fused-ring (bicyclic) bond motifs is 2. The van der Waals surface area contributed by atoms with Crippen molar-refractivity contribution in [1.29, 1.82) is 0 Å². The van der Waals surface area contributed by atoms with Gasteiger partial charge < -0.3 is 5.32 Å². The quantitative estimate of drug-likeness (QED) is 0.871. The van der Waals surface area contributed by atoms with E-state index in [9.17, 15) is 4.79 Å². The average molecular weight is 322 g/mol. The third kappa shape index (κ3) is 2.86. The van der Waals surface area contributed by atoms with E-state index >= 15 is 0 Å². The van der Waals surface area contributed by atoms with Crippen LogP contribution in [0.15, 0.2) is 22.7 Å². The first-order chi connectivity index (χ1) is 9.11. The molecule has 1 amide bonds. The Bertz CT molecular complexity index is 500. The first-order valence-electron chi connectivity index (χ1n) is 7.18. The number of rotatable bonds is 3. The van der Waals surface area contributed by atoms with E-state index in [-0.39, 0.29) is 5.91 Å². The zero-order valence-electron chi connectivity index (χ0n) is 11.3. The predicted octanol–water partition coefficient (Wildman–Crippen LogP) is 4.52. The number of amides is 1. The van der Waals surface area contributed by atoms with E-state index in [1.807, 2.05) is 25.1 Å². The molecule has 0 spiro atoms. The average Bonchev–Trinajstić information content (AvgIpc) is 2.95. The van der Waals surface area contributed by atoms with Gasteiger partial charge in [0.2, 0.25) is 5.91 Å². The maximum atomic E-state index is 12.1. The Morgan fingerprint density at radius 3 is 2.84 bits per heavy atom. The molecular weight excluding hydrogens is 302 g/mol. The summed E-state index contributed by atoms with van der Waals surface area (Å²) in [4.78, 5) is 12.1. The number of aryl methyl sites for hydroxylation is 1. The molecule has 0 aromatic heterocycles. The third-order valence-corrected chi connectivity index (χ3v) is 5.39. The van der Waals surface area contributed by atoms with Crippen molar-refractivity contribution in [3.63, 3.8) is 0 Å². The fourth-order valence-corrected chi connectivity index (χ4v) is 4.38. The maximum Gasteiger partial charge on any atom is 0.224 e. The highest BCUT2D eigenvalue weighted by Gasteiger charge is 2.40. The molecule has 2 saturated carbocycles. The molecule has 3 rings (SSSR count). The lowest BCUT2D eigenvalue weighted by Crippen LogP contribution is -2.20. The highest BCUT2D eigenvalue weighted by molar-refractivity contribution is 9.10. The van der Waals surface area contributed by atoms with E-state index < -0.39 is 0 Å². The highest BCUT2D eigenvalue weighted by atomic mass is 79.9. The molecule has 0 heterocycles. The molecule has 1 N–H and O–H groups in total. The van der Waals surface area contributed by atoms with E-state index in [0.717, 1.165) is 22.0 Å². The van der Waals surface area contributed by atoms with Gasteiger partial charge in [-0.05, 0) is 77.6 Å². The Morgan fingerprint density at radius 1 is 1.37 bits per heavy atom. The van der Waals surface area contributed by atoms with Crippen molar-refractivity contribution in [3.8, 4) is 0 Å². The molecule has 2 bridgehead atoms. The summed E-state index contributed by atoms with van der Waals surface area (Å²) in [5.74, 6) is 2.52. The molecule has 2 aliphatic rings. The molecule has 3 heteroatoms. The Kier molecular flexibility index (Phi) is 3.66. The van der Waals surface area contributed by atoms with Crippen LogP contribution in [0.25, 0.3) is 0 Å². The largest absolute Gasteiger partial charge is 0.325 e. The number of halogens is 1. The van der Waals surface area contributed by atoms with Crippen molar-refractivity contribution < 1.29 is 4.79 Å². The number of nitrogens with one attached hydrogen (secondary N) is 1. The molecule has 0 unspecified atom stereocenters. The van der Waals surface area contributed by atoms with Gasteiger partial charge in [-0.3, -0.25) is 4.79 Å². The van der Waals surface area contributed by atoms with Gasteiger partial charge in [0.05, 0.1) is 5.69 Å². The van der Waals surface area contributed by atoms with Gasteiger partial charge in [0, 0.05) is 10.9 Å². The van der Waals surface area contributed by atoms with Crippen LogP contribution in [0, 0.1) is 24.7 Å². The van der Waals surface area contributed by atoms with Crippen LogP contribution in [-0.2, 0) is 4.79 Å². The van der Waals surface area contributed by atoms with Gasteiger partial charge in [-0.1, -0.05) is 12.5 Å². The summed E-state index contributed by atoms with van der Waals surface area (Å²) in [7, 11) is 0. The molecule has 2 fully saturated rings. The molecule has 0 aliphatic heterocycles. The molecule has 0 radical (unpaired) electrons.